The number of rotatable bonds is 4. The molecule has 5 heteroatoms. The molecule has 0 aromatic heterocycles. The minimum absolute atomic E-state index is 0.00736. The van der Waals surface area contributed by atoms with Gasteiger partial charge in [-0.3, -0.25) is 9.59 Å². The second-order valence-electron chi connectivity index (χ2n) is 6.80. The van der Waals surface area contributed by atoms with Crippen LogP contribution < -0.4 is 10.2 Å². The summed E-state index contributed by atoms with van der Waals surface area (Å²) in [5.74, 6) is -0.178. The van der Waals surface area contributed by atoms with Crippen LogP contribution in [0.15, 0.2) is 78.9 Å². The summed E-state index contributed by atoms with van der Waals surface area (Å²) in [5, 5.41) is 3.59. The zero-order valence-electron chi connectivity index (χ0n) is 15.1. The van der Waals surface area contributed by atoms with Crippen molar-refractivity contribution in [2.45, 2.75) is 12.5 Å². The van der Waals surface area contributed by atoms with E-state index in [0.717, 1.165) is 16.8 Å². The van der Waals surface area contributed by atoms with Gasteiger partial charge in [0.1, 0.15) is 0 Å². The van der Waals surface area contributed by atoms with Crippen LogP contribution >= 0.6 is 11.6 Å². The Labute approximate surface area is 168 Å². The van der Waals surface area contributed by atoms with Crippen molar-refractivity contribution in [3.8, 4) is 11.1 Å². The number of benzene rings is 3. The van der Waals surface area contributed by atoms with E-state index in [-0.39, 0.29) is 24.3 Å². The third-order valence-corrected chi connectivity index (χ3v) is 5.10. The fourth-order valence-corrected chi connectivity index (χ4v) is 3.51. The van der Waals surface area contributed by atoms with Gasteiger partial charge in [-0.15, -0.1) is 0 Å². The smallest absolute Gasteiger partial charge is 0.251 e. The van der Waals surface area contributed by atoms with Gasteiger partial charge >= 0.3 is 0 Å². The van der Waals surface area contributed by atoms with Crippen LogP contribution in [0.3, 0.4) is 0 Å². The summed E-state index contributed by atoms with van der Waals surface area (Å²) in [5.41, 5.74) is 3.53. The Morgan fingerprint density at radius 3 is 2.21 bits per heavy atom. The predicted molar refractivity (Wildman–Crippen MR) is 112 cm³/mol. The van der Waals surface area contributed by atoms with Gasteiger partial charge in [0.15, 0.2) is 0 Å². The lowest BCUT2D eigenvalue weighted by atomic mass is 10.0. The number of carbonyl (C=O) groups is 2. The lowest BCUT2D eigenvalue weighted by molar-refractivity contribution is -0.117. The topological polar surface area (TPSA) is 49.4 Å². The minimum atomic E-state index is -0.218. The number of nitrogens with zero attached hydrogens (tertiary/aromatic N) is 1. The van der Waals surface area contributed by atoms with E-state index >= 15 is 0 Å². The van der Waals surface area contributed by atoms with Crippen molar-refractivity contribution in [2.24, 2.45) is 0 Å². The normalized spacial score (nSPS) is 16.2. The molecular weight excluding hydrogens is 372 g/mol. The predicted octanol–water partition coefficient (Wildman–Crippen LogP) is 4.54. The van der Waals surface area contributed by atoms with Crippen LogP contribution in [-0.4, -0.2) is 24.4 Å². The summed E-state index contributed by atoms with van der Waals surface area (Å²) in [4.78, 5) is 26.6. The molecule has 1 N–H and O–H groups in total. The lowest BCUT2D eigenvalue weighted by Crippen LogP contribution is -2.37. The number of hydrogen-bond acceptors (Lipinski definition) is 2. The molecule has 3 aromatic rings. The molecule has 1 aliphatic rings. The van der Waals surface area contributed by atoms with Crippen molar-refractivity contribution in [1.29, 1.82) is 0 Å². The number of hydrogen-bond donors (Lipinski definition) is 1. The van der Waals surface area contributed by atoms with Crippen LogP contribution in [0.4, 0.5) is 5.69 Å². The van der Waals surface area contributed by atoms with Crippen molar-refractivity contribution in [3.63, 3.8) is 0 Å². The molecule has 1 fully saturated rings. The minimum Gasteiger partial charge on any atom is -0.347 e. The van der Waals surface area contributed by atoms with E-state index in [4.69, 9.17) is 11.6 Å². The molecule has 28 heavy (non-hydrogen) atoms. The van der Waals surface area contributed by atoms with E-state index in [0.29, 0.717) is 17.1 Å². The van der Waals surface area contributed by atoms with Gasteiger partial charge in [-0.1, -0.05) is 54.1 Å². The molecule has 1 atom stereocenters. The first-order valence-electron chi connectivity index (χ1n) is 9.12. The maximum atomic E-state index is 12.6. The van der Waals surface area contributed by atoms with Gasteiger partial charge in [0.05, 0.1) is 6.04 Å². The largest absolute Gasteiger partial charge is 0.347 e. The number of amides is 2. The summed E-state index contributed by atoms with van der Waals surface area (Å²) < 4.78 is 0. The lowest BCUT2D eigenvalue weighted by Gasteiger charge is -2.17. The maximum Gasteiger partial charge on any atom is 0.251 e. The fourth-order valence-electron chi connectivity index (χ4n) is 3.39. The average Bonchev–Trinajstić information content (AvgIpc) is 3.09. The Kier molecular flexibility index (Phi) is 5.13. The summed E-state index contributed by atoms with van der Waals surface area (Å²) in [6.07, 6.45) is 0.288. The van der Waals surface area contributed by atoms with Crippen molar-refractivity contribution >= 4 is 29.1 Å². The molecule has 0 bridgehead atoms. The molecular formula is C23H19ClN2O2. The van der Waals surface area contributed by atoms with E-state index in [1.54, 1.807) is 17.0 Å². The van der Waals surface area contributed by atoms with E-state index in [9.17, 15) is 9.59 Å². The van der Waals surface area contributed by atoms with Gasteiger partial charge in [0.2, 0.25) is 5.91 Å². The number of anilines is 1. The Balaban J connectivity index is 1.41. The Morgan fingerprint density at radius 2 is 1.54 bits per heavy atom. The van der Waals surface area contributed by atoms with Gasteiger partial charge in [0.25, 0.3) is 5.91 Å². The van der Waals surface area contributed by atoms with E-state index < -0.39 is 0 Å². The van der Waals surface area contributed by atoms with Gasteiger partial charge in [-0.05, 0) is 47.5 Å². The molecule has 0 saturated carbocycles. The highest BCUT2D eigenvalue weighted by Crippen LogP contribution is 2.24. The molecule has 0 aliphatic carbocycles. The third kappa shape index (κ3) is 3.92. The molecule has 1 heterocycles. The highest BCUT2D eigenvalue weighted by Gasteiger charge is 2.31. The first kappa shape index (κ1) is 18.3. The van der Waals surface area contributed by atoms with Crippen LogP contribution in [-0.2, 0) is 4.79 Å². The summed E-state index contributed by atoms with van der Waals surface area (Å²) in [6, 6.07) is 24.4. The van der Waals surface area contributed by atoms with Gasteiger partial charge in [0, 0.05) is 29.2 Å². The Morgan fingerprint density at radius 1 is 0.893 bits per heavy atom. The Bertz CT molecular complexity index is 985. The van der Waals surface area contributed by atoms with E-state index in [1.807, 2.05) is 66.7 Å². The second kappa shape index (κ2) is 7.87. The molecule has 0 radical (unpaired) electrons. The van der Waals surface area contributed by atoms with Crippen LogP contribution in [0.2, 0.25) is 5.02 Å². The van der Waals surface area contributed by atoms with Crippen LogP contribution in [0.1, 0.15) is 16.8 Å². The van der Waals surface area contributed by atoms with E-state index in [2.05, 4.69) is 5.32 Å². The van der Waals surface area contributed by atoms with Gasteiger partial charge in [-0.25, -0.2) is 0 Å². The highest BCUT2D eigenvalue weighted by atomic mass is 35.5. The molecule has 4 rings (SSSR count). The third-order valence-electron chi connectivity index (χ3n) is 4.85. The SMILES string of the molecule is O=C(N[C@H]1CC(=O)N(c2ccc(Cl)cc2)C1)c1ccc(-c2ccccc2)cc1. The molecule has 4 nitrogen and oxygen atoms in total. The van der Waals surface area contributed by atoms with Crippen molar-refractivity contribution in [3.05, 3.63) is 89.4 Å². The molecule has 1 aliphatic heterocycles. The molecule has 0 unspecified atom stereocenters. The fraction of sp³-hybridized carbons (Fsp3) is 0.130. The summed E-state index contributed by atoms with van der Waals surface area (Å²) in [7, 11) is 0. The molecule has 3 aromatic carbocycles. The number of carbonyl (C=O) groups excluding carboxylic acids is 2. The van der Waals surface area contributed by atoms with Gasteiger partial charge < -0.3 is 10.2 Å². The standard InChI is InChI=1S/C23H19ClN2O2/c24-19-10-12-21(13-11-19)26-15-20(14-22(26)27)25-23(28)18-8-6-17(7-9-18)16-4-2-1-3-5-16/h1-13,20H,14-15H2,(H,25,28)/t20-/m0/s1. The zero-order valence-corrected chi connectivity index (χ0v) is 15.9. The van der Waals surface area contributed by atoms with Crippen LogP contribution in [0.25, 0.3) is 11.1 Å². The maximum absolute atomic E-state index is 12.6. The Hall–Kier alpha value is -3.11. The van der Waals surface area contributed by atoms with Crippen molar-refractivity contribution in [1.82, 2.24) is 5.32 Å². The molecule has 2 amide bonds. The van der Waals surface area contributed by atoms with Crippen molar-refractivity contribution < 1.29 is 9.59 Å². The molecule has 0 spiro atoms. The molecule has 140 valence electrons. The van der Waals surface area contributed by atoms with Crippen LogP contribution in [0.5, 0.6) is 0 Å². The summed E-state index contributed by atoms with van der Waals surface area (Å²) in [6.45, 7) is 0.453. The quantitative estimate of drug-likeness (QED) is 0.710. The second-order valence-corrected chi connectivity index (χ2v) is 7.24. The molecule has 1 saturated heterocycles. The number of nitrogens with one attached hydrogen (secondary N) is 1. The van der Waals surface area contributed by atoms with Gasteiger partial charge in [-0.2, -0.15) is 0 Å². The summed E-state index contributed by atoms with van der Waals surface area (Å²) >= 11 is 5.91. The highest BCUT2D eigenvalue weighted by molar-refractivity contribution is 6.30. The first-order chi connectivity index (χ1) is 13.6. The average molecular weight is 391 g/mol. The van der Waals surface area contributed by atoms with Crippen molar-refractivity contribution in [2.75, 3.05) is 11.4 Å². The number of halogens is 1. The monoisotopic (exact) mass is 390 g/mol. The first-order valence-corrected chi connectivity index (χ1v) is 9.50. The van der Waals surface area contributed by atoms with E-state index in [1.165, 1.54) is 0 Å². The zero-order chi connectivity index (χ0) is 19.5. The van der Waals surface area contributed by atoms with Crippen LogP contribution in [0, 0.1) is 0 Å².